The van der Waals surface area contributed by atoms with Gasteiger partial charge in [-0.2, -0.15) is 10.2 Å². The van der Waals surface area contributed by atoms with Gasteiger partial charge in [0.1, 0.15) is 11.8 Å². The largest absolute Gasteiger partial charge is 0.382 e. The number of nitrogens with zero attached hydrogens (tertiary/aromatic N) is 5. The molecule has 4 heterocycles. The van der Waals surface area contributed by atoms with Crippen LogP contribution >= 0.6 is 0 Å². The zero-order valence-electron chi connectivity index (χ0n) is 10.1. The van der Waals surface area contributed by atoms with Gasteiger partial charge in [0.25, 0.3) is 0 Å². The first kappa shape index (κ1) is 10.5. The number of anilines is 1. The molecule has 0 aromatic carbocycles. The lowest BCUT2D eigenvalue weighted by Crippen LogP contribution is -2.30. The van der Waals surface area contributed by atoms with Gasteiger partial charge >= 0.3 is 0 Å². The molecule has 1 fully saturated rings. The number of aromatic nitrogens is 5. The Morgan fingerprint density at radius 1 is 1.21 bits per heavy atom. The van der Waals surface area contributed by atoms with Crippen molar-refractivity contribution in [1.82, 2.24) is 24.4 Å². The molecule has 1 aliphatic rings. The molecule has 0 atom stereocenters. The van der Waals surface area contributed by atoms with E-state index in [0.717, 1.165) is 29.9 Å². The second-order valence-corrected chi connectivity index (χ2v) is 4.60. The Labute approximate surface area is 108 Å². The lowest BCUT2D eigenvalue weighted by Gasteiger charge is -2.25. The molecular weight excluding hydrogens is 244 g/mol. The fourth-order valence-electron chi connectivity index (χ4n) is 2.17. The Kier molecular flexibility index (Phi) is 2.10. The molecule has 1 saturated heterocycles. The zero-order chi connectivity index (χ0) is 12.8. The minimum Gasteiger partial charge on any atom is -0.382 e. The summed E-state index contributed by atoms with van der Waals surface area (Å²) in [7, 11) is 0. The van der Waals surface area contributed by atoms with Crippen LogP contribution in [0.25, 0.3) is 16.6 Å². The second-order valence-electron chi connectivity index (χ2n) is 4.60. The van der Waals surface area contributed by atoms with Crippen LogP contribution < -0.4 is 5.73 Å². The highest BCUT2D eigenvalue weighted by Gasteiger charge is 2.21. The summed E-state index contributed by atoms with van der Waals surface area (Å²) in [5, 5.41) is 8.50. The monoisotopic (exact) mass is 256 g/mol. The number of rotatable bonds is 2. The third-order valence-electron chi connectivity index (χ3n) is 3.37. The van der Waals surface area contributed by atoms with E-state index in [9.17, 15) is 0 Å². The van der Waals surface area contributed by atoms with Crippen LogP contribution in [0.3, 0.4) is 0 Å². The summed E-state index contributed by atoms with van der Waals surface area (Å²) in [5.74, 6) is 0.473. The first-order valence-electron chi connectivity index (χ1n) is 6.02. The Hall–Kier alpha value is -2.41. The SMILES string of the molecule is Nc1ncnn2cc(-c3cnn(C4COC4)c3)cc12. The summed E-state index contributed by atoms with van der Waals surface area (Å²) < 4.78 is 8.83. The highest BCUT2D eigenvalue weighted by atomic mass is 16.5. The predicted molar refractivity (Wildman–Crippen MR) is 68.5 cm³/mol. The molecule has 0 aliphatic carbocycles. The molecule has 7 heteroatoms. The van der Waals surface area contributed by atoms with Gasteiger partial charge in [-0.3, -0.25) is 4.68 Å². The Balaban J connectivity index is 1.77. The lowest BCUT2D eigenvalue weighted by atomic mass is 10.2. The van der Waals surface area contributed by atoms with Crippen molar-refractivity contribution in [3.63, 3.8) is 0 Å². The van der Waals surface area contributed by atoms with Gasteiger partial charge < -0.3 is 10.5 Å². The molecular formula is C12H12N6O. The predicted octanol–water partition coefficient (Wildman–Crippen LogP) is 0.746. The third-order valence-corrected chi connectivity index (χ3v) is 3.37. The summed E-state index contributed by atoms with van der Waals surface area (Å²) in [6, 6.07) is 2.32. The van der Waals surface area contributed by atoms with Crippen LogP contribution in [0.2, 0.25) is 0 Å². The quantitative estimate of drug-likeness (QED) is 0.731. The smallest absolute Gasteiger partial charge is 0.151 e. The lowest BCUT2D eigenvalue weighted by molar-refractivity contribution is -0.0286. The van der Waals surface area contributed by atoms with Crippen LogP contribution in [0.1, 0.15) is 6.04 Å². The Morgan fingerprint density at radius 2 is 2.11 bits per heavy atom. The summed E-state index contributed by atoms with van der Waals surface area (Å²) in [5.41, 5.74) is 8.69. The van der Waals surface area contributed by atoms with E-state index in [-0.39, 0.29) is 0 Å². The number of fused-ring (bicyclic) bond motifs is 1. The first-order chi connectivity index (χ1) is 9.31. The van der Waals surface area contributed by atoms with E-state index >= 15 is 0 Å². The number of hydrogen-bond acceptors (Lipinski definition) is 5. The standard InChI is InChI=1S/C12H12N6O/c13-12-11-1-8(3-18(11)16-7-14-12)9-2-15-17(4-9)10-5-19-6-10/h1-4,7,10H,5-6H2,(H2,13,14,16). The van der Waals surface area contributed by atoms with Gasteiger partial charge in [-0.05, 0) is 6.07 Å². The molecule has 3 aromatic rings. The second kappa shape index (κ2) is 3.79. The van der Waals surface area contributed by atoms with Crippen LogP contribution in [0.15, 0.2) is 31.0 Å². The van der Waals surface area contributed by atoms with Crippen LogP contribution in [0.4, 0.5) is 5.82 Å². The molecule has 0 saturated carbocycles. The van der Waals surface area contributed by atoms with Crippen LogP contribution in [-0.4, -0.2) is 37.6 Å². The van der Waals surface area contributed by atoms with E-state index < -0.39 is 0 Å². The van der Waals surface area contributed by atoms with E-state index in [1.807, 2.05) is 29.3 Å². The van der Waals surface area contributed by atoms with Gasteiger partial charge in [-0.15, -0.1) is 0 Å². The maximum Gasteiger partial charge on any atom is 0.151 e. The van der Waals surface area contributed by atoms with Crippen molar-refractivity contribution in [2.75, 3.05) is 18.9 Å². The number of nitrogens with two attached hydrogens (primary N) is 1. The molecule has 4 rings (SSSR count). The molecule has 2 N–H and O–H groups in total. The molecule has 19 heavy (non-hydrogen) atoms. The average Bonchev–Trinajstić information content (AvgIpc) is 2.93. The fraction of sp³-hybridized carbons (Fsp3) is 0.250. The fourth-order valence-corrected chi connectivity index (χ4v) is 2.17. The maximum absolute atomic E-state index is 5.82. The minimum absolute atomic E-state index is 0.357. The van der Waals surface area contributed by atoms with E-state index in [0.29, 0.717) is 11.9 Å². The van der Waals surface area contributed by atoms with Gasteiger partial charge in [0.2, 0.25) is 0 Å². The van der Waals surface area contributed by atoms with Gasteiger partial charge in [-0.25, -0.2) is 9.50 Å². The van der Waals surface area contributed by atoms with Crippen molar-refractivity contribution in [2.45, 2.75) is 6.04 Å². The zero-order valence-corrected chi connectivity index (χ0v) is 10.1. The number of ether oxygens (including phenoxy) is 1. The molecule has 3 aromatic heterocycles. The summed E-state index contributed by atoms with van der Waals surface area (Å²) >= 11 is 0. The minimum atomic E-state index is 0.357. The number of nitrogen functional groups attached to an aromatic ring is 1. The van der Waals surface area contributed by atoms with E-state index in [4.69, 9.17) is 10.5 Å². The van der Waals surface area contributed by atoms with Gasteiger partial charge in [0.15, 0.2) is 5.82 Å². The molecule has 96 valence electrons. The molecule has 7 nitrogen and oxygen atoms in total. The van der Waals surface area contributed by atoms with Crippen LogP contribution in [-0.2, 0) is 4.74 Å². The molecule has 0 amide bonds. The molecule has 0 unspecified atom stereocenters. The van der Waals surface area contributed by atoms with Gasteiger partial charge in [0, 0.05) is 23.5 Å². The highest BCUT2D eigenvalue weighted by Crippen LogP contribution is 2.25. The normalized spacial score (nSPS) is 15.8. The van der Waals surface area contributed by atoms with Crippen molar-refractivity contribution in [1.29, 1.82) is 0 Å². The summed E-state index contributed by atoms with van der Waals surface area (Å²) in [4.78, 5) is 3.98. The average molecular weight is 256 g/mol. The van der Waals surface area contributed by atoms with Crippen molar-refractivity contribution < 1.29 is 4.74 Å². The van der Waals surface area contributed by atoms with E-state index in [2.05, 4.69) is 15.2 Å². The number of hydrogen-bond donors (Lipinski definition) is 1. The van der Waals surface area contributed by atoms with Crippen molar-refractivity contribution in [2.24, 2.45) is 0 Å². The summed E-state index contributed by atoms with van der Waals surface area (Å²) in [6.07, 6.45) is 7.23. The van der Waals surface area contributed by atoms with Crippen molar-refractivity contribution >= 4 is 11.3 Å². The Morgan fingerprint density at radius 3 is 2.84 bits per heavy atom. The molecule has 1 aliphatic heterocycles. The van der Waals surface area contributed by atoms with Crippen LogP contribution in [0, 0.1) is 0 Å². The van der Waals surface area contributed by atoms with E-state index in [1.165, 1.54) is 6.33 Å². The molecule has 0 bridgehead atoms. The maximum atomic E-state index is 5.82. The topological polar surface area (TPSA) is 83.3 Å². The first-order valence-corrected chi connectivity index (χ1v) is 6.02. The molecule has 0 radical (unpaired) electrons. The third kappa shape index (κ3) is 1.59. The van der Waals surface area contributed by atoms with Crippen molar-refractivity contribution in [3.05, 3.63) is 31.0 Å². The Bertz CT molecular complexity index is 742. The molecule has 0 spiro atoms. The summed E-state index contributed by atoms with van der Waals surface area (Å²) in [6.45, 7) is 1.47. The van der Waals surface area contributed by atoms with Gasteiger partial charge in [0.05, 0.1) is 25.5 Å². The van der Waals surface area contributed by atoms with Crippen LogP contribution in [0.5, 0.6) is 0 Å². The van der Waals surface area contributed by atoms with Gasteiger partial charge in [-0.1, -0.05) is 0 Å². The van der Waals surface area contributed by atoms with E-state index in [1.54, 1.807) is 4.52 Å². The van der Waals surface area contributed by atoms with Crippen molar-refractivity contribution in [3.8, 4) is 11.1 Å². The highest BCUT2D eigenvalue weighted by molar-refractivity contribution is 5.75.